The van der Waals surface area contributed by atoms with Crippen LogP contribution in [0.5, 0.6) is 0 Å². The van der Waals surface area contributed by atoms with E-state index < -0.39 is 0 Å². The Kier molecular flexibility index (Phi) is 146. The van der Waals surface area contributed by atoms with Gasteiger partial charge >= 0.3 is 23.9 Å². The van der Waals surface area contributed by atoms with Crippen molar-refractivity contribution in [1.29, 1.82) is 0 Å². The van der Waals surface area contributed by atoms with Gasteiger partial charge in [0.15, 0.2) is 0 Å². The largest absolute Gasteiger partial charge is 0 e. The first-order valence-electron chi connectivity index (χ1n) is 0. The van der Waals surface area contributed by atoms with Gasteiger partial charge in [0.05, 0.1) is 0 Å². The molecule has 0 N–H and O–H groups in total. The molecule has 0 nitrogen and oxygen atoms in total. The Morgan fingerprint density at radius 3 is 0.750 bits per heavy atom. The molecule has 0 unspecified atom stereocenters. The first-order valence-corrected chi connectivity index (χ1v) is 0. The minimum absolute atomic E-state index is 0. The van der Waals surface area contributed by atoms with Gasteiger partial charge in [0.1, 0.15) is 0 Å². The minimum atomic E-state index is 0. The molecular weight excluding hydrogens is 301 g/mol. The first-order chi connectivity index (χ1) is 0. The summed E-state index contributed by atoms with van der Waals surface area (Å²) in [5, 5.41) is 0. The molecule has 0 atom stereocenters. The molecule has 0 amide bonds. The van der Waals surface area contributed by atoms with Crippen LogP contribution in [-0.2, 0) is 52.5 Å². The summed E-state index contributed by atoms with van der Waals surface area (Å²) in [6.07, 6.45) is 0. The fourth-order valence-corrected chi connectivity index (χ4v) is 0. The van der Waals surface area contributed by atoms with Gasteiger partial charge in [0.2, 0.25) is 0 Å². The van der Waals surface area contributed by atoms with Crippen molar-refractivity contribution in [2.45, 2.75) is 0 Å². The Morgan fingerprint density at radius 2 is 0.750 bits per heavy atom. The van der Waals surface area contributed by atoms with Gasteiger partial charge in [-0.1, -0.05) is 0 Å². The van der Waals surface area contributed by atoms with E-state index in [4.69, 9.17) is 0 Å². The van der Waals surface area contributed by atoms with Gasteiger partial charge in [-0.15, -0.1) is 0 Å². The van der Waals surface area contributed by atoms with E-state index >= 15 is 0 Å². The summed E-state index contributed by atoms with van der Waals surface area (Å²) in [4.78, 5) is 0. The molecule has 0 heterocycles. The normalized spacial score (nSPS) is 0. The van der Waals surface area contributed by atoms with Gasteiger partial charge in [-0.2, -0.15) is 0 Å². The molecular formula is H2Ni2SnZn. The summed E-state index contributed by atoms with van der Waals surface area (Å²) in [7, 11) is 0. The molecule has 0 rings (SSSR count). The summed E-state index contributed by atoms with van der Waals surface area (Å²) < 4.78 is 0. The van der Waals surface area contributed by atoms with E-state index in [-0.39, 0.29) is 76.4 Å². The van der Waals surface area contributed by atoms with Crippen molar-refractivity contribution in [2.75, 3.05) is 0 Å². The van der Waals surface area contributed by atoms with Gasteiger partial charge in [-0.25, -0.2) is 0 Å². The van der Waals surface area contributed by atoms with Crippen molar-refractivity contribution in [2.24, 2.45) is 0 Å². The standard InChI is InChI=1S/2Ni.Sn.Zn.2H. The average Bonchev–Trinajstić information content (AvgIpc) is 0. The van der Waals surface area contributed by atoms with Crippen LogP contribution in [0.25, 0.3) is 0 Å². The third-order valence-electron chi connectivity index (χ3n) is 0. The Labute approximate surface area is 75.4 Å². The Morgan fingerprint density at radius 1 is 0.750 bits per heavy atom. The van der Waals surface area contributed by atoms with Crippen LogP contribution in [0.4, 0.5) is 0 Å². The first kappa shape index (κ1) is 32.3. The van der Waals surface area contributed by atoms with Crippen LogP contribution in [0.1, 0.15) is 0 Å². The molecule has 0 aromatic rings. The van der Waals surface area contributed by atoms with Gasteiger partial charge < -0.3 is 0 Å². The summed E-state index contributed by atoms with van der Waals surface area (Å²) in [5.74, 6) is 0. The Balaban J connectivity index is 0. The maximum Gasteiger partial charge on any atom is 0 e. The third kappa shape index (κ3) is 8.83. The molecule has 0 fully saturated rings. The van der Waals surface area contributed by atoms with Gasteiger partial charge in [0.25, 0.3) is 0 Å². The van der Waals surface area contributed by atoms with Crippen molar-refractivity contribution in [3.05, 3.63) is 0 Å². The SMILES string of the molecule is [Ni].[Ni].[SnH2].[Zn]. The zero-order valence-electron chi connectivity index (χ0n) is 2.05. The topological polar surface area (TPSA) is 0 Å². The predicted octanol–water partition coefficient (Wildman–Crippen LogP) is -0.924. The molecule has 0 saturated heterocycles. The summed E-state index contributed by atoms with van der Waals surface area (Å²) >= 11 is 0. The molecule has 4 heteroatoms. The zero-order chi connectivity index (χ0) is 0. The molecule has 0 aliphatic heterocycles. The summed E-state index contributed by atoms with van der Waals surface area (Å²) in [5.41, 5.74) is 0. The Hall–Kier alpha value is 2.41. The molecule has 0 aromatic heterocycles. The van der Waals surface area contributed by atoms with Crippen LogP contribution < -0.4 is 0 Å². The number of hydrogen-bond acceptors (Lipinski definition) is 0. The van der Waals surface area contributed by atoms with Gasteiger partial charge in [-0.3, -0.25) is 0 Å². The van der Waals surface area contributed by atoms with E-state index in [1.54, 1.807) is 0 Å². The van der Waals surface area contributed by atoms with E-state index in [1.807, 2.05) is 0 Å². The summed E-state index contributed by atoms with van der Waals surface area (Å²) in [6.45, 7) is 0. The van der Waals surface area contributed by atoms with E-state index in [2.05, 4.69) is 0 Å². The van der Waals surface area contributed by atoms with Crippen LogP contribution in [-0.4, -0.2) is 23.9 Å². The van der Waals surface area contributed by atoms with Gasteiger partial charge in [-0.05, 0) is 0 Å². The van der Waals surface area contributed by atoms with Crippen molar-refractivity contribution in [3.8, 4) is 0 Å². The molecule has 0 bridgehead atoms. The molecule has 0 aromatic carbocycles. The molecule has 0 spiro atoms. The van der Waals surface area contributed by atoms with Crippen LogP contribution in [0.3, 0.4) is 0 Å². The predicted molar refractivity (Wildman–Crippen MR) is 8.54 cm³/mol. The molecule has 4 heavy (non-hydrogen) atoms. The number of rotatable bonds is 0. The fraction of sp³-hybridized carbons (Fsp3) is 0. The smallest absolute Gasteiger partial charge is 0 e. The van der Waals surface area contributed by atoms with Crippen LogP contribution >= 0.6 is 0 Å². The van der Waals surface area contributed by atoms with Crippen LogP contribution in [0.15, 0.2) is 0 Å². The second-order valence-corrected chi connectivity index (χ2v) is 0. The second kappa shape index (κ2) is 18.1. The van der Waals surface area contributed by atoms with Gasteiger partial charge in [0, 0.05) is 52.5 Å². The van der Waals surface area contributed by atoms with E-state index in [0.29, 0.717) is 0 Å². The summed E-state index contributed by atoms with van der Waals surface area (Å²) in [6, 6.07) is 0. The van der Waals surface area contributed by atoms with E-state index in [1.165, 1.54) is 0 Å². The molecule has 0 aliphatic carbocycles. The quantitative estimate of drug-likeness (QED) is 0.508. The Bertz CT molecular complexity index is 6.00. The average molecular weight is 304 g/mol. The molecule has 28 valence electrons. The van der Waals surface area contributed by atoms with Crippen molar-refractivity contribution >= 4 is 23.9 Å². The van der Waals surface area contributed by atoms with Crippen molar-refractivity contribution in [3.63, 3.8) is 0 Å². The molecule has 2 radical (unpaired) electrons. The van der Waals surface area contributed by atoms with E-state index in [0.717, 1.165) is 0 Å². The maximum atomic E-state index is 0. The second-order valence-electron chi connectivity index (χ2n) is 0. The fourth-order valence-electron chi connectivity index (χ4n) is 0. The van der Waals surface area contributed by atoms with Crippen molar-refractivity contribution in [1.82, 2.24) is 0 Å². The molecule has 0 aliphatic rings. The third-order valence-corrected chi connectivity index (χ3v) is 0. The van der Waals surface area contributed by atoms with E-state index in [9.17, 15) is 0 Å². The van der Waals surface area contributed by atoms with Crippen LogP contribution in [0.2, 0.25) is 0 Å². The minimum Gasteiger partial charge on any atom is 0 e. The van der Waals surface area contributed by atoms with Crippen LogP contribution in [0, 0.1) is 0 Å². The monoisotopic (exact) mass is 302 g/mol. The zero-order valence-corrected chi connectivity index (χ0v) is 11.0. The maximum absolute atomic E-state index is 0. The molecule has 0 saturated carbocycles. The van der Waals surface area contributed by atoms with Crippen molar-refractivity contribution < 1.29 is 52.5 Å². The number of hydrogen-bond donors (Lipinski definition) is 0.